The number of fused-ring (bicyclic) bond motifs is 1. The lowest BCUT2D eigenvalue weighted by atomic mass is 10.1. The normalized spacial score (nSPS) is 11.8. The highest BCUT2D eigenvalue weighted by molar-refractivity contribution is 7.89. The number of rotatable bonds is 5. The Hall–Kier alpha value is -2.31. The summed E-state index contributed by atoms with van der Waals surface area (Å²) in [4.78, 5) is 0.233. The minimum atomic E-state index is -3.66. The van der Waals surface area contributed by atoms with Crippen LogP contribution in [-0.4, -0.2) is 15.5 Å². The lowest BCUT2D eigenvalue weighted by Crippen LogP contribution is -2.23. The third kappa shape index (κ3) is 3.02. The molecule has 0 unspecified atom stereocenters. The fraction of sp³-hybridized carbons (Fsp3) is 0.222. The van der Waals surface area contributed by atoms with Gasteiger partial charge in [-0.1, -0.05) is 24.3 Å². The summed E-state index contributed by atoms with van der Waals surface area (Å²) in [6, 6.07) is 12.4. The molecule has 2 aromatic carbocycles. The van der Waals surface area contributed by atoms with Crippen molar-refractivity contribution in [1.29, 1.82) is 0 Å². The maximum absolute atomic E-state index is 12.8. The third-order valence-corrected chi connectivity index (χ3v) is 5.41. The average molecular weight is 345 g/mol. The minimum absolute atomic E-state index is 0.186. The molecule has 0 atom stereocenters. The van der Waals surface area contributed by atoms with Gasteiger partial charge in [0, 0.05) is 22.9 Å². The highest BCUT2D eigenvalue weighted by Gasteiger charge is 2.19. The van der Waals surface area contributed by atoms with E-state index in [4.69, 9.17) is 9.15 Å². The fourth-order valence-electron chi connectivity index (χ4n) is 2.77. The topological polar surface area (TPSA) is 68.5 Å². The van der Waals surface area contributed by atoms with E-state index in [1.807, 2.05) is 38.1 Å². The van der Waals surface area contributed by atoms with Crippen molar-refractivity contribution in [2.24, 2.45) is 0 Å². The number of sulfonamides is 1. The van der Waals surface area contributed by atoms with Crippen molar-refractivity contribution >= 4 is 20.8 Å². The Morgan fingerprint density at radius 2 is 1.79 bits per heavy atom. The molecule has 3 rings (SSSR count). The van der Waals surface area contributed by atoms with Crippen LogP contribution in [0.3, 0.4) is 0 Å². The van der Waals surface area contributed by atoms with Crippen LogP contribution in [0.5, 0.6) is 5.75 Å². The molecule has 1 N–H and O–H groups in total. The van der Waals surface area contributed by atoms with Crippen LogP contribution in [-0.2, 0) is 16.6 Å². The van der Waals surface area contributed by atoms with E-state index in [0.29, 0.717) is 11.1 Å². The Kier molecular flexibility index (Phi) is 4.34. The third-order valence-electron chi connectivity index (χ3n) is 3.95. The van der Waals surface area contributed by atoms with Gasteiger partial charge in [-0.2, -0.15) is 0 Å². The van der Waals surface area contributed by atoms with E-state index in [2.05, 4.69) is 4.72 Å². The summed E-state index contributed by atoms with van der Waals surface area (Å²) in [6.07, 6.45) is 0. The quantitative estimate of drug-likeness (QED) is 0.768. The smallest absolute Gasteiger partial charge is 0.241 e. The van der Waals surface area contributed by atoms with Gasteiger partial charge in [0.15, 0.2) is 0 Å². The van der Waals surface area contributed by atoms with Crippen LogP contribution in [0, 0.1) is 13.8 Å². The zero-order chi connectivity index (χ0) is 17.3. The Morgan fingerprint density at radius 3 is 2.42 bits per heavy atom. The molecule has 3 aromatic rings. The average Bonchev–Trinajstić information content (AvgIpc) is 2.89. The SMILES string of the molecule is COc1ccc(S(=O)(=O)NCc2cc(C)oc2C)c2ccccc12. The predicted molar refractivity (Wildman–Crippen MR) is 92.7 cm³/mol. The van der Waals surface area contributed by atoms with Crippen LogP contribution in [0.2, 0.25) is 0 Å². The zero-order valence-electron chi connectivity index (χ0n) is 13.8. The van der Waals surface area contributed by atoms with E-state index in [1.165, 1.54) is 0 Å². The molecular formula is C18H19NO4S. The number of aryl methyl sites for hydroxylation is 2. The van der Waals surface area contributed by atoms with Gasteiger partial charge in [0.2, 0.25) is 10.0 Å². The van der Waals surface area contributed by atoms with Gasteiger partial charge in [-0.05, 0) is 32.0 Å². The van der Waals surface area contributed by atoms with Crippen LogP contribution in [0.4, 0.5) is 0 Å². The molecule has 1 aromatic heterocycles. The van der Waals surface area contributed by atoms with Gasteiger partial charge < -0.3 is 9.15 Å². The van der Waals surface area contributed by atoms with Gasteiger partial charge in [-0.3, -0.25) is 0 Å². The van der Waals surface area contributed by atoms with Crippen LogP contribution in [0.1, 0.15) is 17.1 Å². The molecule has 0 fully saturated rings. The molecule has 1 heterocycles. The van der Waals surface area contributed by atoms with Crippen molar-refractivity contribution in [2.75, 3.05) is 7.11 Å². The van der Waals surface area contributed by atoms with Crippen molar-refractivity contribution in [3.8, 4) is 5.75 Å². The van der Waals surface area contributed by atoms with Crippen molar-refractivity contribution in [1.82, 2.24) is 4.72 Å². The van der Waals surface area contributed by atoms with Crippen LogP contribution in [0.15, 0.2) is 51.8 Å². The van der Waals surface area contributed by atoms with Crippen molar-refractivity contribution in [2.45, 2.75) is 25.3 Å². The molecule has 0 amide bonds. The summed E-state index contributed by atoms with van der Waals surface area (Å²) >= 11 is 0. The molecule has 24 heavy (non-hydrogen) atoms. The van der Waals surface area contributed by atoms with E-state index in [9.17, 15) is 8.42 Å². The van der Waals surface area contributed by atoms with Crippen molar-refractivity contribution in [3.63, 3.8) is 0 Å². The van der Waals surface area contributed by atoms with Crippen LogP contribution >= 0.6 is 0 Å². The summed E-state index contributed by atoms with van der Waals surface area (Å²) in [5, 5.41) is 1.39. The van der Waals surface area contributed by atoms with Gasteiger partial charge in [-0.25, -0.2) is 13.1 Å². The Morgan fingerprint density at radius 1 is 1.08 bits per heavy atom. The maximum atomic E-state index is 12.8. The van der Waals surface area contributed by atoms with E-state index in [1.54, 1.807) is 25.3 Å². The molecule has 6 heteroatoms. The first-order valence-corrected chi connectivity index (χ1v) is 9.02. The van der Waals surface area contributed by atoms with E-state index < -0.39 is 10.0 Å². The van der Waals surface area contributed by atoms with Gasteiger partial charge in [0.1, 0.15) is 17.3 Å². The molecule has 0 saturated heterocycles. The summed E-state index contributed by atoms with van der Waals surface area (Å²) in [7, 11) is -2.10. The van der Waals surface area contributed by atoms with Crippen molar-refractivity contribution < 1.29 is 17.6 Å². The lowest BCUT2D eigenvalue weighted by molar-refractivity contribution is 0.419. The molecule has 0 spiro atoms. The molecule has 0 radical (unpaired) electrons. The van der Waals surface area contributed by atoms with E-state index in [0.717, 1.165) is 22.5 Å². The summed E-state index contributed by atoms with van der Waals surface area (Å²) in [5.74, 6) is 2.12. The first kappa shape index (κ1) is 16.5. The lowest BCUT2D eigenvalue weighted by Gasteiger charge is -2.12. The monoisotopic (exact) mass is 345 g/mol. The molecule has 0 aliphatic rings. The van der Waals surface area contributed by atoms with Crippen LogP contribution in [0.25, 0.3) is 10.8 Å². The number of hydrogen-bond donors (Lipinski definition) is 1. The minimum Gasteiger partial charge on any atom is -0.496 e. The zero-order valence-corrected chi connectivity index (χ0v) is 14.6. The Labute approximate surface area is 141 Å². The summed E-state index contributed by atoms with van der Waals surface area (Å²) in [6.45, 7) is 3.84. The highest BCUT2D eigenvalue weighted by Crippen LogP contribution is 2.30. The molecule has 5 nitrogen and oxygen atoms in total. The summed E-state index contributed by atoms with van der Waals surface area (Å²) < 4.78 is 38.9. The number of benzene rings is 2. The standard InChI is InChI=1S/C18H19NO4S/c1-12-10-14(13(2)23-12)11-19-24(20,21)18-9-8-17(22-3)15-6-4-5-7-16(15)18/h4-10,19H,11H2,1-3H3. The molecule has 126 valence electrons. The predicted octanol–water partition coefficient (Wildman–Crippen LogP) is 3.54. The second kappa shape index (κ2) is 6.30. The highest BCUT2D eigenvalue weighted by atomic mass is 32.2. The molecular weight excluding hydrogens is 326 g/mol. The van der Waals surface area contributed by atoms with E-state index in [-0.39, 0.29) is 11.4 Å². The number of furan rings is 1. The van der Waals surface area contributed by atoms with Crippen LogP contribution < -0.4 is 9.46 Å². The van der Waals surface area contributed by atoms with Gasteiger partial charge in [0.05, 0.1) is 12.0 Å². The first-order valence-electron chi connectivity index (χ1n) is 7.53. The number of ether oxygens (including phenoxy) is 1. The number of nitrogens with one attached hydrogen (secondary N) is 1. The van der Waals surface area contributed by atoms with Gasteiger partial charge in [0.25, 0.3) is 0 Å². The maximum Gasteiger partial charge on any atom is 0.241 e. The summed E-state index contributed by atoms with van der Waals surface area (Å²) in [5.41, 5.74) is 0.828. The van der Waals surface area contributed by atoms with Gasteiger partial charge >= 0.3 is 0 Å². The molecule has 0 saturated carbocycles. The Bertz CT molecular complexity index is 989. The Balaban J connectivity index is 1.98. The largest absolute Gasteiger partial charge is 0.496 e. The second-order valence-corrected chi connectivity index (χ2v) is 7.31. The number of methoxy groups -OCH3 is 1. The van der Waals surface area contributed by atoms with Crippen molar-refractivity contribution in [3.05, 3.63) is 59.5 Å². The molecule has 0 bridgehead atoms. The second-order valence-electron chi connectivity index (χ2n) is 5.57. The first-order chi connectivity index (χ1) is 11.4. The van der Waals surface area contributed by atoms with Gasteiger partial charge in [-0.15, -0.1) is 0 Å². The fourth-order valence-corrected chi connectivity index (χ4v) is 3.98. The van der Waals surface area contributed by atoms with E-state index >= 15 is 0 Å². The number of hydrogen-bond acceptors (Lipinski definition) is 4. The molecule has 0 aliphatic carbocycles. The molecule has 0 aliphatic heterocycles.